The van der Waals surface area contributed by atoms with E-state index in [2.05, 4.69) is 10.1 Å². The maximum Gasteiger partial charge on any atom is 0.248 e. The van der Waals surface area contributed by atoms with E-state index in [1.807, 2.05) is 0 Å². The second-order valence-corrected chi connectivity index (χ2v) is 10.1. The van der Waals surface area contributed by atoms with Gasteiger partial charge in [0.1, 0.15) is 24.4 Å². The van der Waals surface area contributed by atoms with E-state index in [4.69, 9.17) is 10.7 Å². The van der Waals surface area contributed by atoms with Gasteiger partial charge in [-0.1, -0.05) is 12.1 Å². The van der Waals surface area contributed by atoms with Gasteiger partial charge in [-0.05, 0) is 38.3 Å². The third kappa shape index (κ3) is 3.80. The van der Waals surface area contributed by atoms with E-state index < -0.39 is 18.6 Å². The van der Waals surface area contributed by atoms with Gasteiger partial charge in [0.25, 0.3) is 0 Å². The average Bonchev–Trinajstić information content (AvgIpc) is 3.33. The molecule has 2 bridgehead atoms. The SMILES string of the molecule is CC(=O)c1c(C2CC3C[C@H](C2)N3C(=O)CO)nc2c(-c3ccc(C4=CCC(F)C=C4F)nc3)cnn2c1N. The third-order valence-electron chi connectivity index (χ3n) is 7.80. The number of ketones is 1. The van der Waals surface area contributed by atoms with Crippen LogP contribution in [0.2, 0.25) is 0 Å². The Hall–Kier alpha value is -3.99. The number of fused-ring (bicyclic) bond motifs is 3. The van der Waals surface area contributed by atoms with E-state index in [9.17, 15) is 23.5 Å². The van der Waals surface area contributed by atoms with Gasteiger partial charge in [0.2, 0.25) is 5.91 Å². The number of carbonyl (C=O) groups excluding carboxylic acids is 2. The normalized spacial score (nSPS) is 24.6. The Morgan fingerprint density at radius 1 is 1.18 bits per heavy atom. The number of nitrogens with two attached hydrogens (primary N) is 1. The van der Waals surface area contributed by atoms with E-state index in [0.29, 0.717) is 46.6 Å². The number of hydrogen-bond donors (Lipinski definition) is 2. The minimum Gasteiger partial charge on any atom is -0.387 e. The van der Waals surface area contributed by atoms with Gasteiger partial charge in [0, 0.05) is 47.3 Å². The Bertz CT molecular complexity index is 1520. The number of alkyl halides is 1. The first-order valence-corrected chi connectivity index (χ1v) is 12.6. The molecule has 7 rings (SSSR count). The number of halogens is 2. The molecule has 3 aromatic heterocycles. The fourth-order valence-corrected chi connectivity index (χ4v) is 6.06. The molecule has 2 aliphatic carbocycles. The molecule has 0 radical (unpaired) electrons. The van der Waals surface area contributed by atoms with Gasteiger partial charge in [-0.25, -0.2) is 13.8 Å². The topological polar surface area (TPSA) is 127 Å². The van der Waals surface area contributed by atoms with Crippen molar-refractivity contribution in [3.05, 3.63) is 59.5 Å². The Balaban J connectivity index is 1.37. The number of pyridine rings is 1. The van der Waals surface area contributed by atoms with Crippen LogP contribution in [-0.4, -0.2) is 66.1 Å². The molecule has 3 unspecified atom stereocenters. The maximum atomic E-state index is 14.3. The van der Waals surface area contributed by atoms with Crippen LogP contribution in [0.1, 0.15) is 60.3 Å². The van der Waals surface area contributed by atoms with Gasteiger partial charge in [0.05, 0.1) is 23.1 Å². The summed E-state index contributed by atoms with van der Waals surface area (Å²) in [6.45, 7) is 0.926. The lowest BCUT2D eigenvalue weighted by atomic mass is 9.71. The van der Waals surface area contributed by atoms with E-state index >= 15 is 0 Å². The first-order chi connectivity index (χ1) is 18.3. The summed E-state index contributed by atoms with van der Waals surface area (Å²) < 4.78 is 29.1. The highest BCUT2D eigenvalue weighted by molar-refractivity contribution is 6.00. The van der Waals surface area contributed by atoms with E-state index in [0.717, 1.165) is 12.5 Å². The zero-order chi connectivity index (χ0) is 26.7. The number of carbonyl (C=O) groups is 2. The number of rotatable bonds is 5. The maximum absolute atomic E-state index is 14.3. The molecule has 2 saturated heterocycles. The smallest absolute Gasteiger partial charge is 0.248 e. The fourth-order valence-electron chi connectivity index (χ4n) is 6.06. The highest BCUT2D eigenvalue weighted by Gasteiger charge is 2.48. The minimum absolute atomic E-state index is 0.00482. The number of nitrogen functional groups attached to an aromatic ring is 1. The molecule has 0 spiro atoms. The van der Waals surface area contributed by atoms with Gasteiger partial charge in [-0.15, -0.1) is 0 Å². The summed E-state index contributed by atoms with van der Waals surface area (Å²) in [7, 11) is 0. The molecule has 3 aromatic rings. The lowest BCUT2D eigenvalue weighted by Crippen LogP contribution is -2.63. The highest BCUT2D eigenvalue weighted by Crippen LogP contribution is 2.46. The molecule has 5 heterocycles. The van der Waals surface area contributed by atoms with Crippen molar-refractivity contribution in [1.29, 1.82) is 0 Å². The van der Waals surface area contributed by atoms with Crippen LogP contribution in [-0.2, 0) is 4.79 Å². The van der Waals surface area contributed by atoms with Gasteiger partial charge in [-0.2, -0.15) is 9.61 Å². The molecular formula is C27H26F2N6O3. The number of allylic oxidation sites excluding steroid dienone is 4. The predicted octanol–water partition coefficient (Wildman–Crippen LogP) is 3.39. The van der Waals surface area contributed by atoms with Crippen molar-refractivity contribution in [3.8, 4) is 11.1 Å². The van der Waals surface area contributed by atoms with Crippen LogP contribution in [0.5, 0.6) is 0 Å². The first kappa shape index (κ1) is 24.4. The number of anilines is 1. The second-order valence-electron chi connectivity index (χ2n) is 10.1. The summed E-state index contributed by atoms with van der Waals surface area (Å²) >= 11 is 0. The van der Waals surface area contributed by atoms with Crippen molar-refractivity contribution < 1.29 is 23.5 Å². The predicted molar refractivity (Wildman–Crippen MR) is 135 cm³/mol. The molecule has 1 saturated carbocycles. The van der Waals surface area contributed by atoms with Gasteiger partial charge < -0.3 is 15.7 Å². The van der Waals surface area contributed by atoms with Crippen molar-refractivity contribution in [2.75, 3.05) is 12.3 Å². The summed E-state index contributed by atoms with van der Waals surface area (Å²) in [6.07, 6.45) is 6.49. The van der Waals surface area contributed by atoms with Crippen LogP contribution >= 0.6 is 0 Å². The van der Waals surface area contributed by atoms with Crippen LogP contribution < -0.4 is 5.73 Å². The average molecular weight is 521 g/mol. The molecule has 11 heteroatoms. The minimum atomic E-state index is -1.34. The molecule has 3 N–H and O–H groups in total. The van der Waals surface area contributed by atoms with Crippen molar-refractivity contribution in [3.63, 3.8) is 0 Å². The monoisotopic (exact) mass is 520 g/mol. The number of hydrogen-bond acceptors (Lipinski definition) is 7. The number of aromatic nitrogens is 4. The summed E-state index contributed by atoms with van der Waals surface area (Å²) in [5, 5.41) is 13.7. The molecule has 4 atom stereocenters. The van der Waals surface area contributed by atoms with Gasteiger partial charge >= 0.3 is 0 Å². The lowest BCUT2D eigenvalue weighted by molar-refractivity contribution is -0.153. The second kappa shape index (κ2) is 9.09. The largest absolute Gasteiger partial charge is 0.387 e. The molecule has 196 valence electrons. The number of Topliss-reactive ketones (excluding diaryl/α,β-unsaturated/α-hetero) is 1. The van der Waals surface area contributed by atoms with Crippen molar-refractivity contribution in [2.45, 2.75) is 56.8 Å². The summed E-state index contributed by atoms with van der Waals surface area (Å²) in [6, 6.07) is 3.41. The van der Waals surface area contributed by atoms with Crippen LogP contribution in [0, 0.1) is 0 Å². The van der Waals surface area contributed by atoms with Crippen LogP contribution in [0.15, 0.2) is 42.5 Å². The van der Waals surface area contributed by atoms with Crippen LogP contribution in [0.3, 0.4) is 0 Å². The third-order valence-corrected chi connectivity index (χ3v) is 7.80. The van der Waals surface area contributed by atoms with E-state index in [1.54, 1.807) is 29.4 Å². The lowest BCUT2D eigenvalue weighted by Gasteiger charge is -2.55. The molecule has 3 fully saturated rings. The zero-order valence-corrected chi connectivity index (χ0v) is 20.6. The summed E-state index contributed by atoms with van der Waals surface area (Å²) in [4.78, 5) is 35.8. The van der Waals surface area contributed by atoms with Gasteiger partial charge in [0.15, 0.2) is 11.4 Å². The summed E-state index contributed by atoms with van der Waals surface area (Å²) in [5.74, 6) is -1.03. The van der Waals surface area contributed by atoms with Crippen molar-refractivity contribution >= 4 is 28.7 Å². The molecule has 1 amide bonds. The standard InChI is InChI=1S/C27H26F2N6O3/c1-13(37)24-25(15-6-17-9-18(7-15)34(17)23(38)12-36)33-27-20(11-32-35(27)26(24)30)14-2-5-22(31-10-14)19-4-3-16(28)8-21(19)29/h2,4-5,8,10-11,15-18,36H,3,6-7,9,12,30H2,1H3/t15?,16?,17-,18?/m0/s1. The molecule has 4 aliphatic rings. The van der Waals surface area contributed by atoms with Crippen LogP contribution in [0.25, 0.3) is 22.3 Å². The first-order valence-electron chi connectivity index (χ1n) is 12.6. The molecule has 0 aromatic carbocycles. The quantitative estimate of drug-likeness (QED) is 0.494. The van der Waals surface area contributed by atoms with E-state index in [1.165, 1.54) is 17.5 Å². The van der Waals surface area contributed by atoms with Gasteiger partial charge in [-0.3, -0.25) is 14.6 Å². The number of piperidine rings is 1. The fraction of sp³-hybridized carbons (Fsp3) is 0.370. The number of aliphatic hydroxyl groups excluding tert-OH is 1. The van der Waals surface area contributed by atoms with Crippen molar-refractivity contribution in [1.82, 2.24) is 24.5 Å². The number of nitrogens with zero attached hydrogens (tertiary/aromatic N) is 5. The Morgan fingerprint density at radius 2 is 1.95 bits per heavy atom. The summed E-state index contributed by atoms with van der Waals surface area (Å²) in [5.41, 5.74) is 9.78. The highest BCUT2D eigenvalue weighted by atomic mass is 19.1. The number of amides is 1. The van der Waals surface area contributed by atoms with Crippen molar-refractivity contribution in [2.24, 2.45) is 0 Å². The number of aliphatic hydroxyl groups is 1. The molecule has 38 heavy (non-hydrogen) atoms. The molecule has 9 nitrogen and oxygen atoms in total. The zero-order valence-electron chi connectivity index (χ0n) is 20.6. The molecule has 2 aliphatic heterocycles. The van der Waals surface area contributed by atoms with Crippen LogP contribution in [0.4, 0.5) is 14.6 Å². The Labute approximate surface area is 216 Å². The Kier molecular flexibility index (Phi) is 5.82. The molecular weight excluding hydrogens is 494 g/mol. The van der Waals surface area contributed by atoms with E-state index in [-0.39, 0.29) is 47.5 Å². The Morgan fingerprint density at radius 3 is 2.58 bits per heavy atom.